The molecule has 2 N–H and O–H groups in total. The average molecular weight is 389 g/mol. The largest absolute Gasteiger partial charge is 0.359 e. The molecule has 3 rings (SSSR count). The molecule has 1 aromatic heterocycles. The Balaban J connectivity index is 1.70. The van der Waals surface area contributed by atoms with E-state index in [0.717, 1.165) is 48.1 Å². The van der Waals surface area contributed by atoms with Crippen LogP contribution in [0.15, 0.2) is 24.3 Å². The number of hydrogen-bond acceptors (Lipinski definition) is 3. The van der Waals surface area contributed by atoms with Crippen molar-refractivity contribution < 1.29 is 14.5 Å². The van der Waals surface area contributed by atoms with Crippen LogP contribution in [-0.2, 0) is 0 Å². The summed E-state index contributed by atoms with van der Waals surface area (Å²) < 4.78 is 0. The van der Waals surface area contributed by atoms with E-state index in [9.17, 15) is 9.59 Å². The van der Waals surface area contributed by atoms with Gasteiger partial charge in [-0.25, -0.2) is 0 Å². The highest BCUT2D eigenvalue weighted by Crippen LogP contribution is 2.25. The summed E-state index contributed by atoms with van der Waals surface area (Å²) in [5, 5.41) is 0.763. The Bertz CT molecular complexity index is 866. The van der Waals surface area contributed by atoms with Gasteiger partial charge in [-0.05, 0) is 45.4 Å². The van der Waals surface area contributed by atoms with Crippen molar-refractivity contribution in [2.24, 2.45) is 0 Å². The molecule has 144 valence electrons. The number of carbonyl (C=O) groups excluding carboxylic acids is 2. The standard InChI is InChI=1S/C21H26ClN3O2/c1-13-19(16(4)26)14(2)23-20(13)21(27)15(3)24-9-11-25(12-10-24)18-8-6-5-7-17(18)22/h5-8,15,23H,9-12H2,1-4H3/p+1/t15-/m0/s1. The van der Waals surface area contributed by atoms with Crippen LogP contribution in [-0.4, -0.2) is 48.8 Å². The third kappa shape index (κ3) is 3.80. The fourth-order valence-corrected chi connectivity index (χ4v) is 4.36. The number of para-hydroxylation sites is 1. The van der Waals surface area contributed by atoms with E-state index in [-0.39, 0.29) is 17.6 Å². The van der Waals surface area contributed by atoms with E-state index in [4.69, 9.17) is 11.6 Å². The van der Waals surface area contributed by atoms with E-state index in [1.54, 1.807) is 6.92 Å². The first-order valence-electron chi connectivity index (χ1n) is 9.39. The fourth-order valence-electron chi connectivity index (χ4n) is 4.10. The summed E-state index contributed by atoms with van der Waals surface area (Å²) in [5.41, 5.74) is 3.81. The van der Waals surface area contributed by atoms with Gasteiger partial charge in [0.1, 0.15) is 0 Å². The van der Waals surface area contributed by atoms with Gasteiger partial charge in [0.25, 0.3) is 0 Å². The summed E-state index contributed by atoms with van der Waals surface area (Å²) >= 11 is 6.31. The lowest BCUT2D eigenvalue weighted by Crippen LogP contribution is -3.18. The topological polar surface area (TPSA) is 57.6 Å². The molecule has 1 aromatic carbocycles. The SMILES string of the molecule is CC(=O)c1c(C)[nH]c(C(=O)[C@H](C)[NH+]2CCN(c3ccccc3Cl)CC2)c1C. The molecule has 5 nitrogen and oxygen atoms in total. The number of benzene rings is 1. The molecule has 1 aliphatic heterocycles. The van der Waals surface area contributed by atoms with Gasteiger partial charge >= 0.3 is 0 Å². The third-order valence-electron chi connectivity index (χ3n) is 5.64. The number of hydrogen-bond donors (Lipinski definition) is 2. The maximum Gasteiger partial charge on any atom is 0.235 e. The number of Topliss-reactive ketones (excluding diaryl/α,β-unsaturated/α-hetero) is 2. The van der Waals surface area contributed by atoms with Crippen LogP contribution in [0.25, 0.3) is 0 Å². The summed E-state index contributed by atoms with van der Waals surface area (Å²) in [5.74, 6) is 0.0675. The summed E-state index contributed by atoms with van der Waals surface area (Å²) in [6.45, 7) is 10.7. The van der Waals surface area contributed by atoms with Crippen LogP contribution < -0.4 is 9.80 Å². The Hall–Kier alpha value is -2.11. The Morgan fingerprint density at radius 3 is 2.37 bits per heavy atom. The van der Waals surface area contributed by atoms with E-state index in [1.807, 2.05) is 45.0 Å². The van der Waals surface area contributed by atoms with Crippen LogP contribution in [0.4, 0.5) is 5.69 Å². The van der Waals surface area contributed by atoms with E-state index in [0.29, 0.717) is 11.3 Å². The Morgan fingerprint density at radius 1 is 1.19 bits per heavy atom. The van der Waals surface area contributed by atoms with Gasteiger partial charge in [-0.1, -0.05) is 23.7 Å². The molecule has 1 saturated heterocycles. The van der Waals surface area contributed by atoms with Gasteiger partial charge in [0.15, 0.2) is 11.8 Å². The van der Waals surface area contributed by atoms with Crippen molar-refractivity contribution in [2.45, 2.75) is 33.7 Å². The van der Waals surface area contributed by atoms with E-state index in [2.05, 4.69) is 9.88 Å². The van der Waals surface area contributed by atoms with Gasteiger partial charge in [-0.2, -0.15) is 0 Å². The molecule has 1 atom stereocenters. The Kier molecular flexibility index (Phi) is 5.72. The van der Waals surface area contributed by atoms with Gasteiger partial charge in [0, 0.05) is 11.3 Å². The second-order valence-corrected chi connectivity index (χ2v) is 7.77. The maximum absolute atomic E-state index is 13.1. The summed E-state index contributed by atoms with van der Waals surface area (Å²) in [6, 6.07) is 7.72. The van der Waals surface area contributed by atoms with Crippen molar-refractivity contribution in [3.05, 3.63) is 51.8 Å². The van der Waals surface area contributed by atoms with Crippen molar-refractivity contribution >= 4 is 28.9 Å². The van der Waals surface area contributed by atoms with E-state index >= 15 is 0 Å². The van der Waals surface area contributed by atoms with Gasteiger partial charge in [-0.15, -0.1) is 0 Å². The number of halogens is 1. The zero-order valence-electron chi connectivity index (χ0n) is 16.4. The molecule has 2 heterocycles. The number of aromatic amines is 1. The number of nitrogens with zero attached hydrogens (tertiary/aromatic N) is 1. The molecular formula is C21H27ClN3O2+. The lowest BCUT2D eigenvalue weighted by atomic mass is 10.0. The van der Waals surface area contributed by atoms with E-state index in [1.165, 1.54) is 4.90 Å². The number of ketones is 2. The van der Waals surface area contributed by atoms with Crippen molar-refractivity contribution in [3.8, 4) is 0 Å². The summed E-state index contributed by atoms with van der Waals surface area (Å²) in [6.07, 6.45) is 0. The zero-order valence-corrected chi connectivity index (χ0v) is 17.1. The number of nitrogens with one attached hydrogen (secondary N) is 2. The predicted molar refractivity (Wildman–Crippen MR) is 108 cm³/mol. The molecule has 0 bridgehead atoms. The minimum absolute atomic E-state index is 0.00588. The van der Waals surface area contributed by atoms with Gasteiger partial charge in [-0.3, -0.25) is 9.59 Å². The highest BCUT2D eigenvalue weighted by molar-refractivity contribution is 6.33. The number of aromatic nitrogens is 1. The normalized spacial score (nSPS) is 16.4. The van der Waals surface area contributed by atoms with Crippen LogP contribution in [0.1, 0.15) is 46.0 Å². The maximum atomic E-state index is 13.1. The molecule has 2 aromatic rings. The van der Waals surface area contributed by atoms with E-state index < -0.39 is 0 Å². The Morgan fingerprint density at radius 2 is 1.81 bits per heavy atom. The van der Waals surface area contributed by atoms with Crippen LogP contribution in [0.3, 0.4) is 0 Å². The van der Waals surface area contributed by atoms with Crippen LogP contribution >= 0.6 is 11.6 Å². The van der Waals surface area contributed by atoms with Gasteiger partial charge in [0.05, 0.1) is 42.6 Å². The number of quaternary nitrogens is 1. The molecule has 6 heteroatoms. The van der Waals surface area contributed by atoms with Crippen LogP contribution in [0, 0.1) is 13.8 Å². The van der Waals surface area contributed by atoms with Crippen LogP contribution in [0.2, 0.25) is 5.02 Å². The zero-order chi connectivity index (χ0) is 19.7. The monoisotopic (exact) mass is 388 g/mol. The van der Waals surface area contributed by atoms with Gasteiger partial charge in [0.2, 0.25) is 5.78 Å². The lowest BCUT2D eigenvalue weighted by Gasteiger charge is -2.36. The first-order chi connectivity index (χ1) is 12.8. The van der Waals surface area contributed by atoms with Crippen molar-refractivity contribution in [1.82, 2.24) is 4.98 Å². The Labute approximate surface area is 165 Å². The fraction of sp³-hybridized carbons (Fsp3) is 0.429. The first kappa shape index (κ1) is 19.6. The number of piperazine rings is 1. The minimum Gasteiger partial charge on any atom is -0.359 e. The number of aryl methyl sites for hydroxylation is 1. The highest BCUT2D eigenvalue weighted by atomic mass is 35.5. The molecule has 0 aliphatic carbocycles. The molecule has 27 heavy (non-hydrogen) atoms. The minimum atomic E-state index is -0.157. The molecule has 1 aliphatic rings. The predicted octanol–water partition coefficient (Wildman–Crippen LogP) is 2.46. The van der Waals surface area contributed by atoms with Crippen LogP contribution in [0.5, 0.6) is 0 Å². The number of H-pyrrole nitrogens is 1. The van der Waals surface area contributed by atoms with Crippen molar-refractivity contribution in [2.75, 3.05) is 31.1 Å². The summed E-state index contributed by atoms with van der Waals surface area (Å²) in [4.78, 5) is 31.6. The quantitative estimate of drug-likeness (QED) is 0.773. The number of carbonyl (C=O) groups is 2. The molecule has 0 amide bonds. The molecule has 1 fully saturated rings. The molecule has 0 spiro atoms. The van der Waals surface area contributed by atoms with Gasteiger partial charge < -0.3 is 14.8 Å². The number of anilines is 1. The molecule has 0 saturated carbocycles. The average Bonchev–Trinajstić information content (AvgIpc) is 2.95. The summed E-state index contributed by atoms with van der Waals surface area (Å²) in [7, 11) is 0. The van der Waals surface area contributed by atoms with Crippen molar-refractivity contribution in [3.63, 3.8) is 0 Å². The lowest BCUT2D eigenvalue weighted by molar-refractivity contribution is -0.914. The second kappa shape index (κ2) is 7.87. The van der Waals surface area contributed by atoms with Crippen molar-refractivity contribution in [1.29, 1.82) is 0 Å². The molecule has 0 radical (unpaired) electrons. The smallest absolute Gasteiger partial charge is 0.235 e. The highest BCUT2D eigenvalue weighted by Gasteiger charge is 2.32. The second-order valence-electron chi connectivity index (χ2n) is 7.36. The number of rotatable bonds is 5. The molecular weight excluding hydrogens is 362 g/mol. The molecule has 0 unspecified atom stereocenters. The first-order valence-corrected chi connectivity index (χ1v) is 9.77. The third-order valence-corrected chi connectivity index (χ3v) is 5.96.